The molecule has 0 unspecified atom stereocenters. The number of amides is 1. The van der Waals surface area contributed by atoms with Gasteiger partial charge in [-0.25, -0.2) is 4.39 Å². The van der Waals surface area contributed by atoms with Crippen molar-refractivity contribution in [3.63, 3.8) is 0 Å². The van der Waals surface area contributed by atoms with Gasteiger partial charge in [-0.2, -0.15) is 4.98 Å². The Morgan fingerprint density at radius 2 is 1.93 bits per heavy atom. The predicted molar refractivity (Wildman–Crippen MR) is 101 cm³/mol. The van der Waals surface area contributed by atoms with Crippen molar-refractivity contribution in [3.05, 3.63) is 69.8 Å². The number of carbonyl (C=O) groups is 1. The summed E-state index contributed by atoms with van der Waals surface area (Å²) in [4.78, 5) is 18.2. The zero-order chi connectivity index (χ0) is 19.4. The third-order valence-electron chi connectivity index (χ3n) is 3.97. The molecule has 1 amide bonds. The summed E-state index contributed by atoms with van der Waals surface area (Å²) in [5, 5.41) is 4.93. The zero-order valence-corrected chi connectivity index (χ0v) is 16.0. The summed E-state index contributed by atoms with van der Waals surface area (Å²) in [7, 11) is 1.70. The first-order valence-corrected chi connectivity index (χ1v) is 8.94. The molecule has 0 fully saturated rings. The maximum atomic E-state index is 13.0. The van der Waals surface area contributed by atoms with Crippen LogP contribution in [0.1, 0.15) is 17.9 Å². The highest BCUT2D eigenvalue weighted by molar-refractivity contribution is 6.35. The van der Waals surface area contributed by atoms with Crippen molar-refractivity contribution in [2.24, 2.45) is 0 Å². The fraction of sp³-hybridized carbons (Fsp3) is 0.211. The standard InChI is InChI=1S/C19H16Cl2FN3O2/c1-25(11-13-2-5-14(20)10-16(13)21)18(26)9-8-17-23-19(24-27-17)12-3-6-15(22)7-4-12/h2-7,10H,8-9,11H2,1H3. The molecule has 0 bridgehead atoms. The molecule has 0 spiro atoms. The topological polar surface area (TPSA) is 59.2 Å². The number of hydrogen-bond donors (Lipinski definition) is 0. The summed E-state index contributed by atoms with van der Waals surface area (Å²) in [6, 6.07) is 11.0. The molecule has 0 saturated heterocycles. The lowest BCUT2D eigenvalue weighted by Gasteiger charge is -2.17. The van der Waals surface area contributed by atoms with Crippen LogP contribution in [0.15, 0.2) is 47.0 Å². The van der Waals surface area contributed by atoms with Crippen LogP contribution in [0.25, 0.3) is 11.4 Å². The third-order valence-corrected chi connectivity index (χ3v) is 4.56. The maximum Gasteiger partial charge on any atom is 0.227 e. The molecule has 0 atom stereocenters. The van der Waals surface area contributed by atoms with Crippen molar-refractivity contribution in [2.75, 3.05) is 7.05 Å². The van der Waals surface area contributed by atoms with Gasteiger partial charge >= 0.3 is 0 Å². The van der Waals surface area contributed by atoms with E-state index >= 15 is 0 Å². The summed E-state index contributed by atoms with van der Waals surface area (Å²) in [5.41, 5.74) is 1.46. The average Bonchev–Trinajstić information content (AvgIpc) is 3.11. The molecule has 8 heteroatoms. The van der Waals surface area contributed by atoms with Crippen LogP contribution in [0.5, 0.6) is 0 Å². The number of nitrogens with zero attached hydrogens (tertiary/aromatic N) is 3. The Morgan fingerprint density at radius 1 is 1.19 bits per heavy atom. The summed E-state index contributed by atoms with van der Waals surface area (Å²) in [6.07, 6.45) is 0.526. The van der Waals surface area contributed by atoms with Crippen molar-refractivity contribution in [3.8, 4) is 11.4 Å². The van der Waals surface area contributed by atoms with E-state index in [9.17, 15) is 9.18 Å². The van der Waals surface area contributed by atoms with E-state index in [-0.39, 0.29) is 18.1 Å². The zero-order valence-electron chi connectivity index (χ0n) is 14.5. The number of aromatic nitrogens is 2. The number of carbonyl (C=O) groups excluding carboxylic acids is 1. The molecular weight excluding hydrogens is 392 g/mol. The second kappa shape index (κ2) is 8.50. The van der Waals surface area contributed by atoms with Crippen LogP contribution < -0.4 is 0 Å². The van der Waals surface area contributed by atoms with Crippen LogP contribution in [0.3, 0.4) is 0 Å². The van der Waals surface area contributed by atoms with E-state index in [4.69, 9.17) is 27.7 Å². The molecule has 27 heavy (non-hydrogen) atoms. The summed E-state index contributed by atoms with van der Waals surface area (Å²) in [6.45, 7) is 0.375. The predicted octanol–water partition coefficient (Wildman–Crippen LogP) is 4.77. The van der Waals surface area contributed by atoms with Crippen LogP contribution in [0.4, 0.5) is 4.39 Å². The smallest absolute Gasteiger partial charge is 0.227 e. The van der Waals surface area contributed by atoms with E-state index in [1.807, 2.05) is 0 Å². The molecule has 1 heterocycles. The van der Waals surface area contributed by atoms with Gasteiger partial charge in [0.1, 0.15) is 5.82 Å². The molecular formula is C19H16Cl2FN3O2. The number of halogens is 3. The number of aryl methyl sites for hydroxylation is 1. The minimum Gasteiger partial charge on any atom is -0.341 e. The van der Waals surface area contributed by atoms with E-state index in [0.717, 1.165) is 5.56 Å². The fourth-order valence-electron chi connectivity index (χ4n) is 2.47. The highest BCUT2D eigenvalue weighted by Gasteiger charge is 2.15. The molecule has 2 aromatic carbocycles. The molecule has 0 N–H and O–H groups in total. The first-order chi connectivity index (χ1) is 12.9. The van der Waals surface area contributed by atoms with Crippen LogP contribution in [-0.2, 0) is 17.8 Å². The van der Waals surface area contributed by atoms with Gasteiger partial charge in [-0.1, -0.05) is 34.4 Å². The SMILES string of the molecule is CN(Cc1ccc(Cl)cc1Cl)C(=O)CCc1nc(-c2ccc(F)cc2)no1. The molecule has 0 aliphatic carbocycles. The first-order valence-electron chi connectivity index (χ1n) is 8.19. The Balaban J connectivity index is 1.56. The highest BCUT2D eigenvalue weighted by atomic mass is 35.5. The second-order valence-corrected chi connectivity index (χ2v) is 6.85. The van der Waals surface area contributed by atoms with Crippen molar-refractivity contribution in [1.29, 1.82) is 0 Å². The van der Waals surface area contributed by atoms with Crippen molar-refractivity contribution >= 4 is 29.1 Å². The van der Waals surface area contributed by atoms with Crippen LogP contribution in [-0.4, -0.2) is 28.0 Å². The quantitative estimate of drug-likeness (QED) is 0.590. The van der Waals surface area contributed by atoms with Gasteiger partial charge in [0, 0.05) is 42.0 Å². The van der Waals surface area contributed by atoms with Gasteiger partial charge in [-0.15, -0.1) is 0 Å². The highest BCUT2D eigenvalue weighted by Crippen LogP contribution is 2.22. The van der Waals surface area contributed by atoms with E-state index in [0.29, 0.717) is 40.3 Å². The van der Waals surface area contributed by atoms with E-state index in [1.165, 1.54) is 12.1 Å². The van der Waals surface area contributed by atoms with Gasteiger partial charge in [-0.05, 0) is 42.0 Å². The van der Waals surface area contributed by atoms with Crippen LogP contribution in [0.2, 0.25) is 10.0 Å². The van der Waals surface area contributed by atoms with Gasteiger partial charge in [0.2, 0.25) is 17.6 Å². The Morgan fingerprint density at radius 3 is 2.63 bits per heavy atom. The third kappa shape index (κ3) is 5.05. The Kier molecular flexibility index (Phi) is 6.08. The normalized spacial score (nSPS) is 10.8. The number of benzene rings is 2. The van der Waals surface area contributed by atoms with E-state index < -0.39 is 0 Å². The summed E-state index contributed by atoms with van der Waals surface area (Å²) >= 11 is 12.0. The van der Waals surface area contributed by atoms with Gasteiger partial charge in [0.25, 0.3) is 0 Å². The Labute approximate surface area is 165 Å². The average molecular weight is 408 g/mol. The minimum absolute atomic E-state index is 0.0810. The van der Waals surface area contributed by atoms with Crippen molar-refractivity contribution in [1.82, 2.24) is 15.0 Å². The summed E-state index contributed by atoms with van der Waals surface area (Å²) < 4.78 is 18.1. The molecule has 0 aliphatic heterocycles. The van der Waals surface area contributed by atoms with Crippen LogP contribution in [0, 0.1) is 5.82 Å². The molecule has 1 aromatic heterocycles. The largest absolute Gasteiger partial charge is 0.341 e. The molecule has 5 nitrogen and oxygen atoms in total. The Hall–Kier alpha value is -2.44. The number of rotatable bonds is 6. The van der Waals surface area contributed by atoms with Crippen molar-refractivity contribution < 1.29 is 13.7 Å². The first kappa shape index (κ1) is 19.3. The lowest BCUT2D eigenvalue weighted by Crippen LogP contribution is -2.26. The number of hydrogen-bond acceptors (Lipinski definition) is 4. The molecule has 0 radical (unpaired) electrons. The summed E-state index contributed by atoms with van der Waals surface area (Å²) in [5.74, 6) is 0.291. The van der Waals surface area contributed by atoms with E-state index in [2.05, 4.69) is 10.1 Å². The monoisotopic (exact) mass is 407 g/mol. The van der Waals surface area contributed by atoms with Gasteiger partial charge in [-0.3, -0.25) is 4.79 Å². The second-order valence-electron chi connectivity index (χ2n) is 6.00. The van der Waals surface area contributed by atoms with Crippen LogP contribution >= 0.6 is 23.2 Å². The van der Waals surface area contributed by atoms with Gasteiger partial charge in [0.05, 0.1) is 0 Å². The molecule has 140 valence electrons. The molecule has 0 aliphatic rings. The Bertz CT molecular complexity index is 944. The minimum atomic E-state index is -0.336. The molecule has 0 saturated carbocycles. The molecule has 3 aromatic rings. The van der Waals surface area contributed by atoms with E-state index in [1.54, 1.807) is 42.3 Å². The van der Waals surface area contributed by atoms with Gasteiger partial charge in [0.15, 0.2) is 0 Å². The molecule has 3 rings (SSSR count). The maximum absolute atomic E-state index is 13.0. The van der Waals surface area contributed by atoms with Crippen molar-refractivity contribution in [2.45, 2.75) is 19.4 Å². The fourth-order valence-corrected chi connectivity index (χ4v) is 2.94. The lowest BCUT2D eigenvalue weighted by molar-refractivity contribution is -0.130. The lowest BCUT2D eigenvalue weighted by atomic mass is 10.2. The van der Waals surface area contributed by atoms with Gasteiger partial charge < -0.3 is 9.42 Å².